The van der Waals surface area contributed by atoms with E-state index in [1.807, 2.05) is 31.2 Å². The van der Waals surface area contributed by atoms with Crippen LogP contribution in [0.25, 0.3) is 0 Å². The first kappa shape index (κ1) is 15.3. The number of carbonyl (C=O) groups excluding carboxylic acids is 1. The number of halogens is 1. The van der Waals surface area contributed by atoms with Crippen LogP contribution in [0.15, 0.2) is 24.3 Å². The summed E-state index contributed by atoms with van der Waals surface area (Å²) in [5, 5.41) is 6.98. The fourth-order valence-electron chi connectivity index (χ4n) is 2.46. The average molecular weight is 297 g/mol. The van der Waals surface area contributed by atoms with E-state index in [1.54, 1.807) is 7.11 Å². The normalized spacial score (nSPS) is 23.6. The Morgan fingerprint density at radius 3 is 2.95 bits per heavy atom. The predicted molar refractivity (Wildman–Crippen MR) is 79.9 cm³/mol. The summed E-state index contributed by atoms with van der Waals surface area (Å²) >= 11 is 6.13. The number of amides is 1. The molecule has 110 valence electrons. The first-order valence-electron chi connectivity index (χ1n) is 6.89. The van der Waals surface area contributed by atoms with Crippen molar-refractivity contribution in [1.82, 2.24) is 10.6 Å². The molecule has 5 heteroatoms. The summed E-state index contributed by atoms with van der Waals surface area (Å²) in [4.78, 5) is 12.2. The highest BCUT2D eigenvalue weighted by Gasteiger charge is 2.29. The molecule has 1 saturated heterocycles. The molecule has 0 radical (unpaired) electrons. The van der Waals surface area contributed by atoms with Gasteiger partial charge in [0.15, 0.2) is 0 Å². The van der Waals surface area contributed by atoms with E-state index in [1.165, 1.54) is 0 Å². The van der Waals surface area contributed by atoms with Crippen LogP contribution in [0.5, 0.6) is 0 Å². The van der Waals surface area contributed by atoms with E-state index in [2.05, 4.69) is 10.6 Å². The summed E-state index contributed by atoms with van der Waals surface area (Å²) in [6.45, 7) is 3.45. The number of hydrogen-bond acceptors (Lipinski definition) is 3. The lowest BCUT2D eigenvalue weighted by molar-refractivity contribution is -0.125. The van der Waals surface area contributed by atoms with Crippen LogP contribution in [-0.4, -0.2) is 38.3 Å². The topological polar surface area (TPSA) is 50.4 Å². The Hall–Kier alpha value is -1.10. The van der Waals surface area contributed by atoms with Gasteiger partial charge in [-0.3, -0.25) is 4.79 Å². The van der Waals surface area contributed by atoms with Gasteiger partial charge in [-0.1, -0.05) is 36.7 Å². The highest BCUT2D eigenvalue weighted by molar-refractivity contribution is 6.31. The molecule has 3 atom stereocenters. The standard InChI is InChI=1S/C15H21ClN2O2/c1-10(7-11-5-3-4-6-12(11)16)15(19)18-13-8-17-9-14(13)20-2/h3-6,10,13-14,17H,7-9H2,1-2H3,(H,18,19)/t10-,13+,14+/m1/s1. The lowest BCUT2D eigenvalue weighted by Crippen LogP contribution is -2.45. The Bertz CT molecular complexity index is 467. The van der Waals surface area contributed by atoms with E-state index in [4.69, 9.17) is 16.3 Å². The van der Waals surface area contributed by atoms with Crippen LogP contribution in [0.2, 0.25) is 5.02 Å². The molecule has 1 aromatic rings. The number of benzene rings is 1. The first-order chi connectivity index (χ1) is 9.61. The molecular weight excluding hydrogens is 276 g/mol. The Labute approximate surface area is 124 Å². The van der Waals surface area contributed by atoms with Gasteiger partial charge in [-0.15, -0.1) is 0 Å². The highest BCUT2D eigenvalue weighted by atomic mass is 35.5. The van der Waals surface area contributed by atoms with Crippen LogP contribution >= 0.6 is 11.6 Å². The van der Waals surface area contributed by atoms with Crippen LogP contribution in [0, 0.1) is 5.92 Å². The van der Waals surface area contributed by atoms with Crippen molar-refractivity contribution in [3.05, 3.63) is 34.9 Å². The van der Waals surface area contributed by atoms with E-state index in [-0.39, 0.29) is 24.0 Å². The van der Waals surface area contributed by atoms with Gasteiger partial charge in [0.2, 0.25) is 5.91 Å². The molecule has 1 aliphatic rings. The molecule has 1 fully saturated rings. The second-order valence-electron chi connectivity index (χ2n) is 5.24. The van der Waals surface area contributed by atoms with Crippen molar-refractivity contribution in [2.45, 2.75) is 25.5 Å². The summed E-state index contributed by atoms with van der Waals surface area (Å²) in [5.74, 6) is -0.0753. The maximum Gasteiger partial charge on any atom is 0.223 e. The number of ether oxygens (including phenoxy) is 1. The van der Waals surface area contributed by atoms with Gasteiger partial charge in [0, 0.05) is 31.1 Å². The SMILES string of the molecule is CO[C@H]1CNC[C@@H]1NC(=O)[C@H](C)Cc1ccccc1Cl. The molecule has 1 aliphatic heterocycles. The predicted octanol–water partition coefficient (Wildman–Crippen LogP) is 1.62. The maximum absolute atomic E-state index is 12.2. The fraction of sp³-hybridized carbons (Fsp3) is 0.533. The zero-order valence-corrected chi connectivity index (χ0v) is 12.6. The van der Waals surface area contributed by atoms with Crippen LogP contribution in [-0.2, 0) is 16.0 Å². The minimum Gasteiger partial charge on any atom is -0.378 e. The van der Waals surface area contributed by atoms with E-state index >= 15 is 0 Å². The van der Waals surface area contributed by atoms with E-state index in [0.717, 1.165) is 18.7 Å². The molecule has 4 nitrogen and oxygen atoms in total. The molecular formula is C15H21ClN2O2. The summed E-state index contributed by atoms with van der Waals surface area (Å²) in [6, 6.07) is 7.68. The average Bonchev–Trinajstić information content (AvgIpc) is 2.88. The van der Waals surface area contributed by atoms with Crippen LogP contribution in [0.3, 0.4) is 0 Å². The van der Waals surface area contributed by atoms with Crippen LogP contribution < -0.4 is 10.6 Å². The molecule has 0 aliphatic carbocycles. The minimum atomic E-state index is -0.118. The number of carbonyl (C=O) groups is 1. The Balaban J connectivity index is 1.91. The zero-order valence-electron chi connectivity index (χ0n) is 11.9. The van der Waals surface area contributed by atoms with Gasteiger partial charge < -0.3 is 15.4 Å². The third kappa shape index (κ3) is 3.72. The van der Waals surface area contributed by atoms with Crippen molar-refractivity contribution >= 4 is 17.5 Å². The zero-order chi connectivity index (χ0) is 14.5. The van der Waals surface area contributed by atoms with Crippen molar-refractivity contribution in [3.63, 3.8) is 0 Å². The molecule has 1 aromatic carbocycles. The van der Waals surface area contributed by atoms with Gasteiger partial charge in [0.25, 0.3) is 0 Å². The smallest absolute Gasteiger partial charge is 0.223 e. The van der Waals surface area contributed by atoms with Crippen molar-refractivity contribution in [3.8, 4) is 0 Å². The quantitative estimate of drug-likeness (QED) is 0.868. The maximum atomic E-state index is 12.2. The molecule has 0 aromatic heterocycles. The Kier molecular flexibility index (Phi) is 5.40. The summed E-state index contributed by atoms with van der Waals surface area (Å²) in [7, 11) is 1.67. The van der Waals surface area contributed by atoms with Gasteiger partial charge in [0.05, 0.1) is 12.1 Å². The molecule has 2 rings (SSSR count). The Morgan fingerprint density at radius 2 is 2.25 bits per heavy atom. The Morgan fingerprint density at radius 1 is 1.50 bits per heavy atom. The number of hydrogen-bond donors (Lipinski definition) is 2. The van der Waals surface area contributed by atoms with Gasteiger partial charge in [-0.05, 0) is 18.1 Å². The summed E-state index contributed by atoms with van der Waals surface area (Å²) in [5.41, 5.74) is 1.00. The second kappa shape index (κ2) is 7.07. The van der Waals surface area contributed by atoms with Gasteiger partial charge >= 0.3 is 0 Å². The van der Waals surface area contributed by atoms with Crippen molar-refractivity contribution < 1.29 is 9.53 Å². The van der Waals surface area contributed by atoms with Crippen LogP contribution in [0.4, 0.5) is 0 Å². The van der Waals surface area contributed by atoms with Crippen molar-refractivity contribution in [2.75, 3.05) is 20.2 Å². The molecule has 1 heterocycles. The van der Waals surface area contributed by atoms with Gasteiger partial charge in [-0.25, -0.2) is 0 Å². The van der Waals surface area contributed by atoms with E-state index in [9.17, 15) is 4.79 Å². The van der Waals surface area contributed by atoms with Crippen molar-refractivity contribution in [1.29, 1.82) is 0 Å². The highest BCUT2D eigenvalue weighted by Crippen LogP contribution is 2.19. The largest absolute Gasteiger partial charge is 0.378 e. The van der Waals surface area contributed by atoms with Crippen molar-refractivity contribution in [2.24, 2.45) is 5.92 Å². The molecule has 20 heavy (non-hydrogen) atoms. The monoisotopic (exact) mass is 296 g/mol. The number of methoxy groups -OCH3 is 1. The lowest BCUT2D eigenvalue weighted by Gasteiger charge is -2.21. The fourth-order valence-corrected chi connectivity index (χ4v) is 2.67. The molecule has 0 saturated carbocycles. The van der Waals surface area contributed by atoms with E-state index in [0.29, 0.717) is 11.4 Å². The second-order valence-corrected chi connectivity index (χ2v) is 5.65. The molecule has 1 amide bonds. The molecule has 0 bridgehead atoms. The molecule has 0 spiro atoms. The summed E-state index contributed by atoms with van der Waals surface area (Å²) in [6.07, 6.45) is 0.690. The number of rotatable bonds is 5. The summed E-state index contributed by atoms with van der Waals surface area (Å²) < 4.78 is 5.34. The van der Waals surface area contributed by atoms with E-state index < -0.39 is 0 Å². The molecule has 2 N–H and O–H groups in total. The first-order valence-corrected chi connectivity index (χ1v) is 7.27. The van der Waals surface area contributed by atoms with Gasteiger partial charge in [-0.2, -0.15) is 0 Å². The lowest BCUT2D eigenvalue weighted by atomic mass is 10.00. The third-order valence-corrected chi connectivity index (χ3v) is 4.09. The van der Waals surface area contributed by atoms with Gasteiger partial charge in [0.1, 0.15) is 0 Å². The van der Waals surface area contributed by atoms with Crippen LogP contribution in [0.1, 0.15) is 12.5 Å². The third-order valence-electron chi connectivity index (χ3n) is 3.72. The number of nitrogens with one attached hydrogen (secondary N) is 2. The molecule has 0 unspecified atom stereocenters. The minimum absolute atomic E-state index is 0.0423.